The number of hydrogen-bond acceptors (Lipinski definition) is 2. The van der Waals surface area contributed by atoms with E-state index in [1.807, 2.05) is 39.0 Å². The van der Waals surface area contributed by atoms with Gasteiger partial charge in [0, 0.05) is 21.1 Å². The zero-order valence-corrected chi connectivity index (χ0v) is 11.9. The van der Waals surface area contributed by atoms with E-state index in [2.05, 4.69) is 20.9 Å². The van der Waals surface area contributed by atoms with E-state index in [9.17, 15) is 0 Å². The fourth-order valence-corrected chi connectivity index (χ4v) is 2.78. The molecule has 0 aliphatic rings. The molecule has 1 aromatic heterocycles. The highest BCUT2D eigenvalue weighted by atomic mass is 79.9. The first-order valence-corrected chi connectivity index (χ1v) is 6.46. The molecule has 92 valence electrons. The molecule has 0 spiro atoms. The van der Waals surface area contributed by atoms with Crippen molar-refractivity contribution in [2.75, 3.05) is 6.61 Å². The molecule has 0 saturated heterocycles. The largest absolute Gasteiger partial charge is 0.494 e. The second-order valence-electron chi connectivity index (χ2n) is 4.68. The molecule has 4 heteroatoms. The number of benzene rings is 1. The lowest BCUT2D eigenvalue weighted by atomic mass is 10.0. The van der Waals surface area contributed by atoms with Gasteiger partial charge in [0.15, 0.2) is 0 Å². The van der Waals surface area contributed by atoms with Gasteiger partial charge in [0.1, 0.15) is 5.75 Å². The first-order chi connectivity index (χ1) is 7.93. The Hall–Kier alpha value is -1.00. The van der Waals surface area contributed by atoms with E-state index in [0.717, 1.165) is 26.8 Å². The van der Waals surface area contributed by atoms with Crippen molar-refractivity contribution in [3.05, 3.63) is 28.4 Å². The number of H-pyrrole nitrogens is 1. The smallest absolute Gasteiger partial charge is 0.120 e. The second kappa shape index (κ2) is 4.35. The number of hydrogen-bond donors (Lipinski definition) is 2. The highest BCUT2D eigenvalue weighted by molar-refractivity contribution is 9.10. The van der Waals surface area contributed by atoms with Crippen LogP contribution in [0.2, 0.25) is 0 Å². The summed E-state index contributed by atoms with van der Waals surface area (Å²) in [5.74, 6) is 0.876. The van der Waals surface area contributed by atoms with Gasteiger partial charge in [-0.2, -0.15) is 0 Å². The van der Waals surface area contributed by atoms with Gasteiger partial charge in [0.2, 0.25) is 0 Å². The van der Waals surface area contributed by atoms with Gasteiger partial charge in [-0.1, -0.05) is 0 Å². The highest BCUT2D eigenvalue weighted by Crippen LogP contribution is 2.34. The molecule has 2 aromatic rings. The second-order valence-corrected chi connectivity index (χ2v) is 5.47. The van der Waals surface area contributed by atoms with Gasteiger partial charge in [0.25, 0.3) is 0 Å². The van der Waals surface area contributed by atoms with Gasteiger partial charge in [-0.15, -0.1) is 0 Å². The Morgan fingerprint density at radius 3 is 2.71 bits per heavy atom. The molecular formula is C13H17BrN2O. The topological polar surface area (TPSA) is 51.0 Å². The Kier molecular flexibility index (Phi) is 3.19. The monoisotopic (exact) mass is 296 g/mol. The summed E-state index contributed by atoms with van der Waals surface area (Å²) < 4.78 is 6.51. The van der Waals surface area contributed by atoms with E-state index >= 15 is 0 Å². The van der Waals surface area contributed by atoms with Gasteiger partial charge < -0.3 is 15.5 Å². The van der Waals surface area contributed by atoms with Crippen molar-refractivity contribution in [1.82, 2.24) is 4.98 Å². The normalized spacial score (nSPS) is 12.1. The van der Waals surface area contributed by atoms with E-state index in [4.69, 9.17) is 10.5 Å². The SMILES string of the molecule is CCOc1ccc2[nH]c(C(C)(C)N)c(Br)c2c1. The summed E-state index contributed by atoms with van der Waals surface area (Å²) in [6, 6.07) is 6.00. The Bertz CT molecular complexity index is 540. The van der Waals surface area contributed by atoms with Crippen LogP contribution in [0.3, 0.4) is 0 Å². The number of halogens is 1. The molecule has 0 radical (unpaired) electrons. The van der Waals surface area contributed by atoms with Crippen LogP contribution < -0.4 is 10.5 Å². The molecule has 3 nitrogen and oxygen atoms in total. The van der Waals surface area contributed by atoms with Crippen LogP contribution in [0, 0.1) is 0 Å². The van der Waals surface area contributed by atoms with Crippen LogP contribution in [0.4, 0.5) is 0 Å². The molecule has 0 bridgehead atoms. The summed E-state index contributed by atoms with van der Waals surface area (Å²) in [6.45, 7) is 6.60. The maximum Gasteiger partial charge on any atom is 0.120 e. The molecule has 0 fully saturated rings. The minimum Gasteiger partial charge on any atom is -0.494 e. The Morgan fingerprint density at radius 1 is 1.41 bits per heavy atom. The third-order valence-corrected chi connectivity index (χ3v) is 3.49. The van der Waals surface area contributed by atoms with Gasteiger partial charge >= 0.3 is 0 Å². The lowest BCUT2D eigenvalue weighted by molar-refractivity contribution is 0.340. The summed E-state index contributed by atoms with van der Waals surface area (Å²) in [5, 5.41) is 1.10. The number of fused-ring (bicyclic) bond motifs is 1. The van der Waals surface area contributed by atoms with Crippen molar-refractivity contribution in [3.63, 3.8) is 0 Å². The van der Waals surface area contributed by atoms with Crippen LogP contribution in [0.25, 0.3) is 10.9 Å². The van der Waals surface area contributed by atoms with E-state index in [1.165, 1.54) is 0 Å². The average molecular weight is 297 g/mol. The maximum absolute atomic E-state index is 6.13. The van der Waals surface area contributed by atoms with Crippen molar-refractivity contribution in [2.45, 2.75) is 26.3 Å². The van der Waals surface area contributed by atoms with Crippen molar-refractivity contribution >= 4 is 26.8 Å². The quantitative estimate of drug-likeness (QED) is 0.910. The van der Waals surface area contributed by atoms with E-state index in [0.29, 0.717) is 6.61 Å². The van der Waals surface area contributed by atoms with Crippen LogP contribution in [0.5, 0.6) is 5.75 Å². The summed E-state index contributed by atoms with van der Waals surface area (Å²) in [5.41, 5.74) is 7.79. The predicted octanol–water partition coefficient (Wildman–Crippen LogP) is 3.52. The Morgan fingerprint density at radius 2 is 2.12 bits per heavy atom. The van der Waals surface area contributed by atoms with Crippen LogP contribution >= 0.6 is 15.9 Å². The average Bonchev–Trinajstić information content (AvgIpc) is 2.56. The van der Waals surface area contributed by atoms with E-state index in [1.54, 1.807) is 0 Å². The number of nitrogens with two attached hydrogens (primary N) is 1. The highest BCUT2D eigenvalue weighted by Gasteiger charge is 2.21. The Balaban J connectivity index is 2.59. The van der Waals surface area contributed by atoms with Crippen molar-refractivity contribution in [2.24, 2.45) is 5.73 Å². The summed E-state index contributed by atoms with van der Waals surface area (Å²) in [7, 11) is 0. The van der Waals surface area contributed by atoms with Crippen molar-refractivity contribution in [3.8, 4) is 5.75 Å². The molecule has 17 heavy (non-hydrogen) atoms. The number of aromatic amines is 1. The number of rotatable bonds is 3. The first-order valence-electron chi connectivity index (χ1n) is 5.67. The number of nitrogens with one attached hydrogen (secondary N) is 1. The molecular weight excluding hydrogens is 280 g/mol. The molecule has 1 aromatic carbocycles. The molecule has 0 saturated carbocycles. The minimum absolute atomic E-state index is 0.399. The third kappa shape index (κ3) is 2.33. The van der Waals surface area contributed by atoms with Crippen molar-refractivity contribution in [1.29, 1.82) is 0 Å². The fourth-order valence-electron chi connectivity index (χ4n) is 1.84. The standard InChI is InChI=1S/C13H17BrN2O/c1-4-17-8-5-6-10-9(7-8)11(14)12(16-10)13(2,3)15/h5-7,16H,4,15H2,1-3H3. The maximum atomic E-state index is 6.13. The molecule has 0 aliphatic carbocycles. The Labute approximate surface area is 109 Å². The zero-order valence-electron chi connectivity index (χ0n) is 10.3. The van der Waals surface area contributed by atoms with Gasteiger partial charge in [-0.05, 0) is 54.9 Å². The van der Waals surface area contributed by atoms with E-state index in [-0.39, 0.29) is 0 Å². The van der Waals surface area contributed by atoms with E-state index < -0.39 is 5.54 Å². The predicted molar refractivity (Wildman–Crippen MR) is 74.4 cm³/mol. The minimum atomic E-state index is -0.399. The molecule has 0 atom stereocenters. The lowest BCUT2D eigenvalue weighted by Gasteiger charge is -2.17. The molecule has 2 rings (SSSR count). The van der Waals surface area contributed by atoms with Gasteiger partial charge in [-0.25, -0.2) is 0 Å². The number of aromatic nitrogens is 1. The molecule has 0 unspecified atom stereocenters. The summed E-state index contributed by atoms with van der Waals surface area (Å²) in [4.78, 5) is 3.35. The number of ether oxygens (including phenoxy) is 1. The van der Waals surface area contributed by atoms with Gasteiger partial charge in [0.05, 0.1) is 12.1 Å². The molecule has 3 N–H and O–H groups in total. The summed E-state index contributed by atoms with van der Waals surface area (Å²) >= 11 is 3.61. The first kappa shape index (κ1) is 12.5. The lowest BCUT2D eigenvalue weighted by Crippen LogP contribution is -2.29. The molecule has 0 aliphatic heterocycles. The van der Waals surface area contributed by atoms with Crippen LogP contribution in [-0.2, 0) is 5.54 Å². The third-order valence-electron chi connectivity index (χ3n) is 2.66. The van der Waals surface area contributed by atoms with Crippen LogP contribution in [-0.4, -0.2) is 11.6 Å². The molecule has 1 heterocycles. The van der Waals surface area contributed by atoms with Gasteiger partial charge in [-0.3, -0.25) is 0 Å². The molecule has 0 amide bonds. The van der Waals surface area contributed by atoms with Crippen molar-refractivity contribution < 1.29 is 4.74 Å². The fraction of sp³-hybridized carbons (Fsp3) is 0.385. The summed E-state index contributed by atoms with van der Waals surface area (Å²) in [6.07, 6.45) is 0. The van der Waals surface area contributed by atoms with Crippen LogP contribution in [0.15, 0.2) is 22.7 Å². The zero-order chi connectivity index (χ0) is 12.6. The van der Waals surface area contributed by atoms with Crippen LogP contribution in [0.1, 0.15) is 26.5 Å².